The van der Waals surface area contributed by atoms with Crippen LogP contribution in [0.15, 0.2) is 64.9 Å². The Morgan fingerprint density at radius 2 is 2.17 bits per heavy atom. The minimum Gasteiger partial charge on any atom is -0.315 e. The molecule has 1 N–H and O–H groups in total. The van der Waals surface area contributed by atoms with E-state index in [0.29, 0.717) is 12.4 Å². The molecule has 2 heterocycles. The van der Waals surface area contributed by atoms with E-state index in [9.17, 15) is 4.79 Å². The van der Waals surface area contributed by atoms with E-state index in [0.717, 1.165) is 20.7 Å². The summed E-state index contributed by atoms with van der Waals surface area (Å²) in [5.74, 6) is 0.675. The van der Waals surface area contributed by atoms with Crippen molar-refractivity contribution in [2.75, 3.05) is 11.1 Å². The molecule has 0 unspecified atom stereocenters. The first-order valence-electron chi connectivity index (χ1n) is 7.28. The number of nitrogens with zero attached hydrogens (tertiary/aromatic N) is 3. The number of para-hydroxylation sites is 2. The molecular formula is C17H15BrN4OS. The van der Waals surface area contributed by atoms with Crippen LogP contribution >= 0.6 is 27.7 Å². The third-order valence-electron chi connectivity index (χ3n) is 3.26. The van der Waals surface area contributed by atoms with Gasteiger partial charge in [-0.05, 0) is 40.2 Å². The van der Waals surface area contributed by atoms with E-state index in [4.69, 9.17) is 0 Å². The summed E-state index contributed by atoms with van der Waals surface area (Å²) in [4.78, 5) is 20.8. The number of benzene rings is 1. The number of imidazole rings is 1. The van der Waals surface area contributed by atoms with Crippen molar-refractivity contribution in [2.24, 2.45) is 0 Å². The van der Waals surface area contributed by atoms with Crippen LogP contribution in [0.3, 0.4) is 0 Å². The summed E-state index contributed by atoms with van der Waals surface area (Å²) in [7, 11) is 0. The van der Waals surface area contributed by atoms with E-state index in [1.54, 1.807) is 12.3 Å². The fourth-order valence-corrected chi connectivity index (χ4v) is 3.29. The highest BCUT2D eigenvalue weighted by Gasteiger charge is 2.12. The van der Waals surface area contributed by atoms with E-state index >= 15 is 0 Å². The summed E-state index contributed by atoms with van der Waals surface area (Å²) in [6.07, 6.45) is 3.47. The molecule has 0 fully saturated rings. The average molecular weight is 403 g/mol. The van der Waals surface area contributed by atoms with Gasteiger partial charge < -0.3 is 9.88 Å². The molecule has 5 nitrogen and oxygen atoms in total. The maximum Gasteiger partial charge on any atom is 0.236 e. The zero-order valence-corrected chi connectivity index (χ0v) is 15.2. The fraction of sp³-hybridized carbons (Fsp3) is 0.118. The first-order valence-corrected chi connectivity index (χ1v) is 9.05. The maximum absolute atomic E-state index is 12.1. The van der Waals surface area contributed by atoms with Gasteiger partial charge in [-0.15, -0.1) is 6.58 Å². The van der Waals surface area contributed by atoms with Gasteiger partial charge in [0.1, 0.15) is 5.82 Å². The zero-order chi connectivity index (χ0) is 16.9. The van der Waals surface area contributed by atoms with Gasteiger partial charge in [-0.2, -0.15) is 0 Å². The Morgan fingerprint density at radius 3 is 2.92 bits per heavy atom. The van der Waals surface area contributed by atoms with Crippen molar-refractivity contribution in [3.8, 4) is 0 Å². The van der Waals surface area contributed by atoms with Gasteiger partial charge in [0.05, 0.1) is 16.8 Å². The SMILES string of the molecule is C=CCn1c(SCC(=O)Nc2ccc(Br)cn2)nc2ccccc21. The second kappa shape index (κ2) is 7.63. The molecule has 0 saturated heterocycles. The van der Waals surface area contributed by atoms with Gasteiger partial charge in [0, 0.05) is 17.2 Å². The molecule has 2 aromatic heterocycles. The van der Waals surface area contributed by atoms with Crippen LogP contribution in [-0.4, -0.2) is 26.2 Å². The lowest BCUT2D eigenvalue weighted by atomic mass is 10.3. The number of amides is 1. The molecule has 0 aliphatic heterocycles. The molecule has 0 atom stereocenters. The van der Waals surface area contributed by atoms with Crippen molar-refractivity contribution < 1.29 is 4.79 Å². The van der Waals surface area contributed by atoms with Gasteiger partial charge >= 0.3 is 0 Å². The standard InChI is InChI=1S/C17H15BrN4OS/c1-2-9-22-14-6-4-3-5-13(14)20-17(22)24-11-16(23)21-15-8-7-12(18)10-19-15/h2-8,10H,1,9,11H2,(H,19,21,23). The maximum atomic E-state index is 12.1. The van der Waals surface area contributed by atoms with E-state index in [2.05, 4.69) is 42.4 Å². The number of allylic oxidation sites excluding steroid dienone is 1. The summed E-state index contributed by atoms with van der Waals surface area (Å²) >= 11 is 4.71. The van der Waals surface area contributed by atoms with E-state index in [-0.39, 0.29) is 11.7 Å². The summed E-state index contributed by atoms with van der Waals surface area (Å²) < 4.78 is 2.92. The number of thioether (sulfide) groups is 1. The lowest BCUT2D eigenvalue weighted by Gasteiger charge is -2.06. The van der Waals surface area contributed by atoms with Crippen molar-refractivity contribution >= 4 is 50.5 Å². The molecule has 122 valence electrons. The summed E-state index contributed by atoms with van der Waals surface area (Å²) in [6, 6.07) is 11.5. The predicted molar refractivity (Wildman–Crippen MR) is 101 cm³/mol. The third-order valence-corrected chi connectivity index (χ3v) is 4.70. The van der Waals surface area contributed by atoms with Crippen molar-refractivity contribution in [1.29, 1.82) is 0 Å². The van der Waals surface area contributed by atoms with Crippen LogP contribution in [0.5, 0.6) is 0 Å². The minimum atomic E-state index is -0.118. The molecule has 0 bridgehead atoms. The Labute approximate surface area is 152 Å². The molecule has 0 saturated carbocycles. The quantitative estimate of drug-likeness (QED) is 0.497. The van der Waals surface area contributed by atoms with Crippen molar-refractivity contribution in [3.63, 3.8) is 0 Å². The monoisotopic (exact) mass is 402 g/mol. The van der Waals surface area contributed by atoms with Crippen LogP contribution in [0.4, 0.5) is 5.82 Å². The van der Waals surface area contributed by atoms with Crippen molar-refractivity contribution in [3.05, 3.63) is 59.7 Å². The largest absolute Gasteiger partial charge is 0.315 e. The third kappa shape index (κ3) is 3.85. The molecule has 0 spiro atoms. The lowest BCUT2D eigenvalue weighted by molar-refractivity contribution is -0.113. The van der Waals surface area contributed by atoms with Gasteiger partial charge in [0.2, 0.25) is 5.91 Å². The van der Waals surface area contributed by atoms with Crippen LogP contribution in [0.2, 0.25) is 0 Å². The topological polar surface area (TPSA) is 59.8 Å². The molecule has 1 aromatic carbocycles. The summed E-state index contributed by atoms with van der Waals surface area (Å²) in [5, 5.41) is 3.58. The molecule has 7 heteroatoms. The highest BCUT2D eigenvalue weighted by atomic mass is 79.9. The molecule has 0 aliphatic rings. The Morgan fingerprint density at radius 1 is 1.33 bits per heavy atom. The first-order chi connectivity index (χ1) is 11.7. The number of hydrogen-bond donors (Lipinski definition) is 1. The minimum absolute atomic E-state index is 0.118. The van der Waals surface area contributed by atoms with Crippen LogP contribution in [0, 0.1) is 0 Å². The van der Waals surface area contributed by atoms with Gasteiger partial charge in [-0.25, -0.2) is 9.97 Å². The highest BCUT2D eigenvalue weighted by molar-refractivity contribution is 9.10. The zero-order valence-electron chi connectivity index (χ0n) is 12.8. The van der Waals surface area contributed by atoms with Crippen molar-refractivity contribution in [2.45, 2.75) is 11.7 Å². The number of aromatic nitrogens is 3. The molecule has 24 heavy (non-hydrogen) atoms. The smallest absolute Gasteiger partial charge is 0.236 e. The number of fused-ring (bicyclic) bond motifs is 1. The Bertz CT molecular complexity index is 876. The number of carbonyl (C=O) groups is 1. The van der Waals surface area contributed by atoms with Crippen LogP contribution in [0.1, 0.15) is 0 Å². The second-order valence-corrected chi connectivity index (χ2v) is 6.84. The number of carbonyl (C=O) groups excluding carboxylic acids is 1. The van der Waals surface area contributed by atoms with E-state index in [1.165, 1.54) is 11.8 Å². The number of nitrogens with one attached hydrogen (secondary N) is 1. The lowest BCUT2D eigenvalue weighted by Crippen LogP contribution is -2.15. The normalized spacial score (nSPS) is 10.7. The van der Waals surface area contributed by atoms with Gasteiger partial charge in [0.25, 0.3) is 0 Å². The van der Waals surface area contributed by atoms with Crippen LogP contribution < -0.4 is 5.32 Å². The van der Waals surface area contributed by atoms with Gasteiger partial charge in [-0.3, -0.25) is 4.79 Å². The Balaban J connectivity index is 1.70. The van der Waals surface area contributed by atoms with Crippen LogP contribution in [-0.2, 0) is 11.3 Å². The fourth-order valence-electron chi connectivity index (χ4n) is 2.23. The highest BCUT2D eigenvalue weighted by Crippen LogP contribution is 2.24. The number of anilines is 1. The van der Waals surface area contributed by atoms with E-state index < -0.39 is 0 Å². The second-order valence-electron chi connectivity index (χ2n) is 4.98. The number of rotatable bonds is 6. The molecular weight excluding hydrogens is 388 g/mol. The predicted octanol–water partition coefficient (Wildman–Crippen LogP) is 4.11. The van der Waals surface area contributed by atoms with Gasteiger partial charge in [0.15, 0.2) is 5.16 Å². The van der Waals surface area contributed by atoms with E-state index in [1.807, 2.05) is 36.4 Å². The Hall–Kier alpha value is -2.12. The summed E-state index contributed by atoms with van der Waals surface area (Å²) in [6.45, 7) is 4.44. The number of pyridine rings is 1. The average Bonchev–Trinajstić information content (AvgIpc) is 2.93. The Kier molecular flexibility index (Phi) is 5.32. The number of hydrogen-bond acceptors (Lipinski definition) is 4. The summed E-state index contributed by atoms with van der Waals surface area (Å²) in [5.41, 5.74) is 1.95. The first kappa shape index (κ1) is 16.7. The molecule has 0 aliphatic carbocycles. The number of halogens is 1. The molecule has 0 radical (unpaired) electrons. The molecule has 1 amide bonds. The van der Waals surface area contributed by atoms with Crippen molar-refractivity contribution in [1.82, 2.24) is 14.5 Å². The molecule has 3 rings (SSSR count). The van der Waals surface area contributed by atoms with Crippen LogP contribution in [0.25, 0.3) is 11.0 Å². The molecule has 3 aromatic rings. The van der Waals surface area contributed by atoms with Gasteiger partial charge in [-0.1, -0.05) is 30.0 Å².